The minimum Gasteiger partial charge on any atom is -0.380 e. The van der Waals surface area contributed by atoms with Crippen molar-refractivity contribution in [1.82, 2.24) is 0 Å². The molecule has 2 rings (SSSR count). The average molecular weight is 323 g/mol. The SMILES string of the molecule is CC(=O)Nc1ccccc1OS(=O)(=O)Cc1ccc(F)cc1. The van der Waals surface area contributed by atoms with Crippen molar-refractivity contribution in [3.8, 4) is 5.75 Å². The maximum Gasteiger partial charge on any atom is 0.313 e. The number of benzene rings is 2. The van der Waals surface area contributed by atoms with Gasteiger partial charge >= 0.3 is 10.1 Å². The summed E-state index contributed by atoms with van der Waals surface area (Å²) >= 11 is 0. The second-order valence-corrected chi connectivity index (χ2v) is 6.16. The molecule has 0 fully saturated rings. The van der Waals surface area contributed by atoms with Crippen LogP contribution in [0.25, 0.3) is 0 Å². The van der Waals surface area contributed by atoms with Gasteiger partial charge in [0.15, 0.2) is 5.75 Å². The molecule has 0 heterocycles. The summed E-state index contributed by atoms with van der Waals surface area (Å²) in [5.74, 6) is -1.16. The maximum atomic E-state index is 12.8. The van der Waals surface area contributed by atoms with E-state index in [1.165, 1.54) is 43.3 Å². The minimum atomic E-state index is -3.93. The highest BCUT2D eigenvalue weighted by atomic mass is 32.2. The molecule has 0 aliphatic rings. The lowest BCUT2D eigenvalue weighted by atomic mass is 10.2. The van der Waals surface area contributed by atoms with E-state index in [9.17, 15) is 17.6 Å². The molecule has 2 aromatic rings. The fourth-order valence-electron chi connectivity index (χ4n) is 1.78. The Hall–Kier alpha value is -2.41. The largest absolute Gasteiger partial charge is 0.380 e. The highest BCUT2D eigenvalue weighted by Gasteiger charge is 2.16. The van der Waals surface area contributed by atoms with Gasteiger partial charge in [0, 0.05) is 6.92 Å². The van der Waals surface area contributed by atoms with Crippen molar-refractivity contribution in [2.75, 3.05) is 5.32 Å². The van der Waals surface area contributed by atoms with Gasteiger partial charge in [-0.15, -0.1) is 0 Å². The summed E-state index contributed by atoms with van der Waals surface area (Å²) in [7, 11) is -3.93. The Balaban J connectivity index is 2.18. The monoisotopic (exact) mass is 323 g/mol. The topological polar surface area (TPSA) is 72.5 Å². The summed E-state index contributed by atoms with van der Waals surface area (Å²) in [6.07, 6.45) is 0. The number of carbonyl (C=O) groups excluding carboxylic acids is 1. The van der Waals surface area contributed by atoms with Gasteiger partial charge in [-0.05, 0) is 29.8 Å². The van der Waals surface area contributed by atoms with E-state index in [4.69, 9.17) is 4.18 Å². The molecule has 0 aliphatic heterocycles. The summed E-state index contributed by atoms with van der Waals surface area (Å²) in [5, 5.41) is 2.49. The molecule has 0 bridgehead atoms. The number of para-hydroxylation sites is 2. The Morgan fingerprint density at radius 3 is 2.41 bits per heavy atom. The quantitative estimate of drug-likeness (QED) is 0.859. The van der Waals surface area contributed by atoms with Crippen LogP contribution in [0.2, 0.25) is 0 Å². The zero-order valence-corrected chi connectivity index (χ0v) is 12.6. The van der Waals surface area contributed by atoms with Gasteiger partial charge in [0.2, 0.25) is 5.91 Å². The molecule has 0 aromatic heterocycles. The number of nitrogens with one attached hydrogen (secondary N) is 1. The summed E-state index contributed by atoms with van der Waals surface area (Å²) in [6, 6.07) is 11.3. The lowest BCUT2D eigenvalue weighted by molar-refractivity contribution is -0.114. The molecule has 1 N–H and O–H groups in total. The van der Waals surface area contributed by atoms with Crippen LogP contribution >= 0.6 is 0 Å². The number of hydrogen-bond donors (Lipinski definition) is 1. The first-order valence-electron chi connectivity index (χ1n) is 6.39. The van der Waals surface area contributed by atoms with Gasteiger partial charge in [-0.25, -0.2) is 4.39 Å². The lowest BCUT2D eigenvalue weighted by Gasteiger charge is -2.11. The van der Waals surface area contributed by atoms with Gasteiger partial charge in [-0.2, -0.15) is 8.42 Å². The molecule has 0 unspecified atom stereocenters. The van der Waals surface area contributed by atoms with Crippen LogP contribution in [0.3, 0.4) is 0 Å². The smallest absolute Gasteiger partial charge is 0.313 e. The number of hydrogen-bond acceptors (Lipinski definition) is 4. The number of carbonyl (C=O) groups is 1. The normalized spacial score (nSPS) is 11.0. The first kappa shape index (κ1) is 16.0. The molecule has 0 spiro atoms. The molecule has 2 aromatic carbocycles. The number of anilines is 1. The second kappa shape index (κ2) is 6.57. The van der Waals surface area contributed by atoms with Gasteiger partial charge in [-0.1, -0.05) is 24.3 Å². The van der Waals surface area contributed by atoms with Crippen molar-refractivity contribution in [2.24, 2.45) is 0 Å². The van der Waals surface area contributed by atoms with Gasteiger partial charge in [0.1, 0.15) is 11.6 Å². The van der Waals surface area contributed by atoms with Crippen molar-refractivity contribution in [3.05, 3.63) is 59.9 Å². The first-order chi connectivity index (χ1) is 10.4. The molecule has 0 atom stereocenters. The molecule has 7 heteroatoms. The fourth-order valence-corrected chi connectivity index (χ4v) is 2.86. The third kappa shape index (κ3) is 4.56. The van der Waals surface area contributed by atoms with Crippen LogP contribution in [-0.2, 0) is 20.7 Å². The third-order valence-electron chi connectivity index (χ3n) is 2.67. The zero-order chi connectivity index (χ0) is 16.2. The molecule has 0 aliphatic carbocycles. The number of rotatable bonds is 5. The average Bonchev–Trinajstić information content (AvgIpc) is 2.42. The Labute approximate surface area is 127 Å². The molecular formula is C15H14FNO4S. The van der Waals surface area contributed by atoms with E-state index in [-0.39, 0.29) is 17.3 Å². The zero-order valence-electron chi connectivity index (χ0n) is 11.7. The summed E-state index contributed by atoms with van der Waals surface area (Å²) < 4.78 is 42.0. The van der Waals surface area contributed by atoms with E-state index >= 15 is 0 Å². The summed E-state index contributed by atoms with van der Waals surface area (Å²) in [5.41, 5.74) is 0.663. The van der Waals surface area contributed by atoms with Gasteiger partial charge in [0.05, 0.1) is 5.69 Å². The first-order valence-corrected chi connectivity index (χ1v) is 7.97. The van der Waals surface area contributed by atoms with Gasteiger partial charge in [0.25, 0.3) is 0 Å². The molecular weight excluding hydrogens is 309 g/mol. The Kier molecular flexibility index (Phi) is 4.77. The molecule has 22 heavy (non-hydrogen) atoms. The van der Waals surface area contributed by atoms with E-state index in [2.05, 4.69) is 5.32 Å². The van der Waals surface area contributed by atoms with E-state index in [1.54, 1.807) is 12.1 Å². The van der Waals surface area contributed by atoms with Crippen LogP contribution in [0, 0.1) is 5.82 Å². The highest BCUT2D eigenvalue weighted by Crippen LogP contribution is 2.26. The van der Waals surface area contributed by atoms with Crippen LogP contribution in [0.5, 0.6) is 5.75 Å². The van der Waals surface area contributed by atoms with E-state index in [0.717, 1.165) is 0 Å². The molecule has 0 radical (unpaired) electrons. The van der Waals surface area contributed by atoms with E-state index < -0.39 is 21.7 Å². The maximum absolute atomic E-state index is 12.8. The lowest BCUT2D eigenvalue weighted by Crippen LogP contribution is -2.14. The van der Waals surface area contributed by atoms with Crippen molar-refractivity contribution in [1.29, 1.82) is 0 Å². The molecule has 5 nitrogen and oxygen atoms in total. The Morgan fingerprint density at radius 1 is 1.14 bits per heavy atom. The number of amides is 1. The van der Waals surface area contributed by atoms with E-state index in [1.807, 2.05) is 0 Å². The molecule has 0 saturated heterocycles. The minimum absolute atomic E-state index is 0.0276. The van der Waals surface area contributed by atoms with Crippen LogP contribution in [0.4, 0.5) is 10.1 Å². The summed E-state index contributed by atoms with van der Waals surface area (Å²) in [6.45, 7) is 1.31. The van der Waals surface area contributed by atoms with Crippen molar-refractivity contribution in [2.45, 2.75) is 12.7 Å². The highest BCUT2D eigenvalue weighted by molar-refractivity contribution is 7.86. The Bertz CT molecular complexity index is 772. The Morgan fingerprint density at radius 2 is 1.77 bits per heavy atom. The van der Waals surface area contributed by atoms with Crippen molar-refractivity contribution in [3.63, 3.8) is 0 Å². The van der Waals surface area contributed by atoms with Gasteiger partial charge in [-0.3, -0.25) is 4.79 Å². The van der Waals surface area contributed by atoms with Crippen LogP contribution < -0.4 is 9.50 Å². The van der Waals surface area contributed by atoms with Crippen LogP contribution in [0.1, 0.15) is 12.5 Å². The van der Waals surface area contributed by atoms with Crippen molar-refractivity contribution < 1.29 is 21.8 Å². The standard InChI is InChI=1S/C15H14FNO4S/c1-11(18)17-14-4-2-3-5-15(14)21-22(19,20)10-12-6-8-13(16)9-7-12/h2-9H,10H2,1H3,(H,17,18). The van der Waals surface area contributed by atoms with E-state index in [0.29, 0.717) is 5.56 Å². The predicted octanol–water partition coefficient (Wildman–Crippen LogP) is 2.69. The second-order valence-electron chi connectivity index (χ2n) is 4.59. The molecule has 0 saturated carbocycles. The van der Waals surface area contributed by atoms with Gasteiger partial charge < -0.3 is 9.50 Å². The summed E-state index contributed by atoms with van der Waals surface area (Å²) in [4.78, 5) is 11.1. The van der Waals surface area contributed by atoms with Crippen LogP contribution in [0.15, 0.2) is 48.5 Å². The van der Waals surface area contributed by atoms with Crippen molar-refractivity contribution >= 4 is 21.7 Å². The third-order valence-corrected chi connectivity index (χ3v) is 3.79. The number of halogens is 1. The fraction of sp³-hybridized carbons (Fsp3) is 0.133. The van der Waals surface area contributed by atoms with Crippen LogP contribution in [-0.4, -0.2) is 14.3 Å². The predicted molar refractivity (Wildman–Crippen MR) is 80.4 cm³/mol. The molecule has 1 amide bonds. The molecule has 116 valence electrons.